The van der Waals surface area contributed by atoms with Crippen LogP contribution in [0.25, 0.3) is 0 Å². The molecule has 0 amide bonds. The summed E-state index contributed by atoms with van der Waals surface area (Å²) in [5.74, 6) is 4.22. The fraction of sp³-hybridized carbons (Fsp3) is 0.429. The third-order valence-electron chi connectivity index (χ3n) is 3.70. The van der Waals surface area contributed by atoms with Gasteiger partial charge < -0.3 is 4.42 Å². The first-order valence-corrected chi connectivity index (χ1v) is 5.76. The summed E-state index contributed by atoms with van der Waals surface area (Å²) < 4.78 is 5.76. The normalized spacial score (nSPS) is 33.3. The summed E-state index contributed by atoms with van der Waals surface area (Å²) in [5, 5.41) is 0. The standard InChI is InChI=1S/C14H16O/c1-10-6-9-14(15-10)13-8-7-11-4-2-3-5-12(11)13/h2-6,9,11-13H,7-8H2,1H3. The van der Waals surface area contributed by atoms with Gasteiger partial charge in [-0.1, -0.05) is 24.3 Å². The zero-order valence-electron chi connectivity index (χ0n) is 9.02. The van der Waals surface area contributed by atoms with E-state index in [4.69, 9.17) is 4.42 Å². The van der Waals surface area contributed by atoms with Crippen LogP contribution in [-0.4, -0.2) is 0 Å². The van der Waals surface area contributed by atoms with Crippen LogP contribution in [0.3, 0.4) is 0 Å². The van der Waals surface area contributed by atoms with E-state index in [1.807, 2.05) is 6.92 Å². The first-order valence-electron chi connectivity index (χ1n) is 5.76. The van der Waals surface area contributed by atoms with Crippen LogP contribution in [0.2, 0.25) is 0 Å². The number of furan rings is 1. The van der Waals surface area contributed by atoms with Crippen LogP contribution in [0.1, 0.15) is 30.3 Å². The van der Waals surface area contributed by atoms with E-state index in [9.17, 15) is 0 Å². The second-order valence-electron chi connectivity index (χ2n) is 4.64. The molecule has 0 spiro atoms. The number of fused-ring (bicyclic) bond motifs is 1. The number of aryl methyl sites for hydroxylation is 1. The van der Waals surface area contributed by atoms with Gasteiger partial charge in [0.15, 0.2) is 0 Å². The summed E-state index contributed by atoms with van der Waals surface area (Å²) in [6.45, 7) is 2.02. The number of hydrogen-bond donors (Lipinski definition) is 0. The molecule has 1 heterocycles. The van der Waals surface area contributed by atoms with Crippen molar-refractivity contribution >= 4 is 0 Å². The summed E-state index contributed by atoms with van der Waals surface area (Å²) in [6, 6.07) is 4.22. The lowest BCUT2D eigenvalue weighted by molar-refractivity contribution is 0.403. The van der Waals surface area contributed by atoms with Crippen molar-refractivity contribution in [3.8, 4) is 0 Å². The van der Waals surface area contributed by atoms with Crippen LogP contribution in [0.5, 0.6) is 0 Å². The maximum Gasteiger partial charge on any atom is 0.107 e. The van der Waals surface area contributed by atoms with Gasteiger partial charge in [0.2, 0.25) is 0 Å². The van der Waals surface area contributed by atoms with Crippen LogP contribution in [-0.2, 0) is 0 Å². The molecule has 0 aliphatic heterocycles. The highest BCUT2D eigenvalue weighted by Gasteiger charge is 2.36. The Bertz CT molecular complexity index is 411. The van der Waals surface area contributed by atoms with E-state index >= 15 is 0 Å². The second kappa shape index (κ2) is 3.41. The van der Waals surface area contributed by atoms with Crippen LogP contribution in [0.15, 0.2) is 40.9 Å². The van der Waals surface area contributed by atoms with Gasteiger partial charge in [-0.3, -0.25) is 0 Å². The second-order valence-corrected chi connectivity index (χ2v) is 4.64. The van der Waals surface area contributed by atoms with Crippen LogP contribution in [0.4, 0.5) is 0 Å². The van der Waals surface area contributed by atoms with Gasteiger partial charge in [-0.05, 0) is 43.7 Å². The van der Waals surface area contributed by atoms with Crippen molar-refractivity contribution in [3.63, 3.8) is 0 Å². The Morgan fingerprint density at radius 2 is 2.00 bits per heavy atom. The molecule has 0 bridgehead atoms. The lowest BCUT2D eigenvalue weighted by atomic mass is 9.85. The van der Waals surface area contributed by atoms with Gasteiger partial charge in [0.05, 0.1) is 0 Å². The molecule has 2 aliphatic carbocycles. The SMILES string of the molecule is Cc1ccc(C2CCC3C=CC=CC32)o1. The van der Waals surface area contributed by atoms with Crippen LogP contribution < -0.4 is 0 Å². The van der Waals surface area contributed by atoms with Gasteiger partial charge in [-0.15, -0.1) is 0 Å². The van der Waals surface area contributed by atoms with Gasteiger partial charge in [-0.2, -0.15) is 0 Å². The number of hydrogen-bond acceptors (Lipinski definition) is 1. The highest BCUT2D eigenvalue weighted by molar-refractivity contribution is 5.23. The third-order valence-corrected chi connectivity index (χ3v) is 3.70. The van der Waals surface area contributed by atoms with Gasteiger partial charge >= 0.3 is 0 Å². The quantitative estimate of drug-likeness (QED) is 0.671. The predicted octanol–water partition coefficient (Wildman–Crippen LogP) is 3.82. The molecule has 0 radical (unpaired) electrons. The van der Waals surface area contributed by atoms with E-state index in [0.29, 0.717) is 11.8 Å². The molecule has 15 heavy (non-hydrogen) atoms. The van der Waals surface area contributed by atoms with Gasteiger partial charge in [0.1, 0.15) is 11.5 Å². The van der Waals surface area contributed by atoms with Crippen molar-refractivity contribution in [1.29, 1.82) is 0 Å². The Kier molecular flexibility index (Phi) is 2.05. The molecule has 0 N–H and O–H groups in total. The highest BCUT2D eigenvalue weighted by Crippen LogP contribution is 2.46. The fourth-order valence-electron chi connectivity index (χ4n) is 2.94. The summed E-state index contributed by atoms with van der Waals surface area (Å²) in [7, 11) is 0. The van der Waals surface area contributed by atoms with E-state index in [1.54, 1.807) is 0 Å². The molecule has 3 atom stereocenters. The maximum atomic E-state index is 5.76. The zero-order valence-corrected chi connectivity index (χ0v) is 9.02. The monoisotopic (exact) mass is 200 g/mol. The first kappa shape index (κ1) is 9.02. The smallest absolute Gasteiger partial charge is 0.107 e. The average Bonchev–Trinajstić information content (AvgIpc) is 2.83. The summed E-state index contributed by atoms with van der Waals surface area (Å²) in [6.07, 6.45) is 11.6. The van der Waals surface area contributed by atoms with Crippen LogP contribution in [0, 0.1) is 18.8 Å². The van der Waals surface area contributed by atoms with Crippen molar-refractivity contribution in [3.05, 3.63) is 48.0 Å². The van der Waals surface area contributed by atoms with E-state index < -0.39 is 0 Å². The molecular formula is C14H16O. The maximum absolute atomic E-state index is 5.76. The van der Waals surface area contributed by atoms with Gasteiger partial charge in [-0.25, -0.2) is 0 Å². The Balaban J connectivity index is 1.89. The number of allylic oxidation sites excluding steroid dienone is 4. The molecule has 78 valence electrons. The minimum absolute atomic E-state index is 0.602. The van der Waals surface area contributed by atoms with Crippen molar-refractivity contribution in [2.75, 3.05) is 0 Å². The lowest BCUT2D eigenvalue weighted by Gasteiger charge is -2.20. The number of rotatable bonds is 1. The van der Waals surface area contributed by atoms with Gasteiger partial charge in [0.25, 0.3) is 0 Å². The summed E-state index contributed by atoms with van der Waals surface area (Å²) in [4.78, 5) is 0. The molecule has 1 heteroatoms. The highest BCUT2D eigenvalue weighted by atomic mass is 16.3. The minimum atomic E-state index is 0.602. The Hall–Kier alpha value is -1.24. The van der Waals surface area contributed by atoms with Gasteiger partial charge in [0, 0.05) is 5.92 Å². The van der Waals surface area contributed by atoms with E-state index in [-0.39, 0.29) is 0 Å². The molecule has 3 rings (SSSR count). The van der Waals surface area contributed by atoms with E-state index in [2.05, 4.69) is 36.4 Å². The molecule has 0 saturated heterocycles. The Morgan fingerprint density at radius 1 is 1.13 bits per heavy atom. The van der Waals surface area contributed by atoms with Crippen molar-refractivity contribution in [2.45, 2.75) is 25.7 Å². The molecule has 0 aromatic carbocycles. The fourth-order valence-corrected chi connectivity index (χ4v) is 2.94. The molecule has 1 aromatic rings. The lowest BCUT2D eigenvalue weighted by Crippen LogP contribution is -2.10. The molecule has 1 saturated carbocycles. The molecule has 1 fully saturated rings. The summed E-state index contributed by atoms with van der Waals surface area (Å²) >= 11 is 0. The average molecular weight is 200 g/mol. The molecule has 3 unspecified atom stereocenters. The molecular weight excluding hydrogens is 184 g/mol. The van der Waals surface area contributed by atoms with Crippen molar-refractivity contribution in [2.24, 2.45) is 11.8 Å². The third kappa shape index (κ3) is 1.46. The molecule has 1 aromatic heterocycles. The van der Waals surface area contributed by atoms with E-state index in [0.717, 1.165) is 11.7 Å². The van der Waals surface area contributed by atoms with Crippen molar-refractivity contribution < 1.29 is 4.42 Å². The van der Waals surface area contributed by atoms with E-state index in [1.165, 1.54) is 18.6 Å². The van der Waals surface area contributed by atoms with Crippen LogP contribution >= 0.6 is 0 Å². The minimum Gasteiger partial charge on any atom is -0.466 e. The largest absolute Gasteiger partial charge is 0.466 e. The molecule has 2 aliphatic rings. The summed E-state index contributed by atoms with van der Waals surface area (Å²) in [5.41, 5.74) is 0. The first-order chi connectivity index (χ1) is 7.34. The Morgan fingerprint density at radius 3 is 2.80 bits per heavy atom. The topological polar surface area (TPSA) is 13.1 Å². The zero-order chi connectivity index (χ0) is 10.3. The Labute approximate surface area is 90.5 Å². The molecule has 1 nitrogen and oxygen atoms in total. The predicted molar refractivity (Wildman–Crippen MR) is 60.7 cm³/mol. The van der Waals surface area contributed by atoms with Crippen molar-refractivity contribution in [1.82, 2.24) is 0 Å².